The molecule has 0 fully saturated rings. The number of phenolic OH excluding ortho intramolecular Hbond substituents is 1. The molecule has 0 spiro atoms. The predicted molar refractivity (Wildman–Crippen MR) is 140 cm³/mol. The SMILES string of the molecule is Oc1ccc(Cl)cc1-c1csc(N2N=C(c3ccc4c(c3)CCCC4)CC2c2ccccc2)n1. The molecule has 0 radical (unpaired) electrons. The molecule has 6 rings (SSSR count). The topological polar surface area (TPSA) is 48.7 Å². The molecule has 1 unspecified atom stereocenters. The molecule has 0 amide bonds. The first-order valence-corrected chi connectivity index (χ1v) is 12.9. The van der Waals surface area contributed by atoms with Crippen molar-refractivity contribution in [1.82, 2.24) is 4.98 Å². The first-order valence-electron chi connectivity index (χ1n) is 11.6. The highest BCUT2D eigenvalue weighted by Gasteiger charge is 2.32. The van der Waals surface area contributed by atoms with Crippen molar-refractivity contribution in [3.63, 3.8) is 0 Å². The van der Waals surface area contributed by atoms with Crippen LogP contribution in [0.1, 0.15) is 47.6 Å². The quantitative estimate of drug-likeness (QED) is 0.327. The molecule has 6 heteroatoms. The minimum atomic E-state index is 0.0687. The lowest BCUT2D eigenvalue weighted by atomic mass is 9.89. The van der Waals surface area contributed by atoms with E-state index in [4.69, 9.17) is 21.7 Å². The van der Waals surface area contributed by atoms with Crippen LogP contribution in [0.4, 0.5) is 5.13 Å². The first kappa shape index (κ1) is 21.4. The standard InChI is InChI=1S/C28H24ClN3OS/c29-22-12-13-27(33)23(15-22)25-17-34-28(30-25)32-26(19-7-2-1-3-8-19)16-24(31-32)21-11-10-18-6-4-5-9-20(18)14-21/h1-3,7-8,10-15,17,26,33H,4-6,9,16H2. The number of halogens is 1. The van der Waals surface area contributed by atoms with E-state index in [0.717, 1.165) is 23.7 Å². The van der Waals surface area contributed by atoms with E-state index >= 15 is 0 Å². The fourth-order valence-corrected chi connectivity index (χ4v) is 5.91. The Bertz CT molecular complexity index is 1380. The summed E-state index contributed by atoms with van der Waals surface area (Å²) in [5.74, 6) is 0.167. The predicted octanol–water partition coefficient (Wildman–Crippen LogP) is 7.40. The maximum atomic E-state index is 10.3. The normalized spacial score (nSPS) is 17.5. The van der Waals surface area contributed by atoms with Crippen molar-refractivity contribution in [2.45, 2.75) is 38.1 Å². The molecule has 1 aromatic heterocycles. The van der Waals surface area contributed by atoms with Gasteiger partial charge in [-0.3, -0.25) is 0 Å². The van der Waals surface area contributed by atoms with Gasteiger partial charge in [0.05, 0.1) is 17.4 Å². The molecule has 0 saturated carbocycles. The third-order valence-electron chi connectivity index (χ3n) is 6.70. The van der Waals surface area contributed by atoms with Crippen LogP contribution in [0, 0.1) is 0 Å². The van der Waals surface area contributed by atoms with Crippen molar-refractivity contribution < 1.29 is 5.11 Å². The van der Waals surface area contributed by atoms with Crippen molar-refractivity contribution in [3.05, 3.63) is 99.4 Å². The van der Waals surface area contributed by atoms with Crippen LogP contribution in [-0.2, 0) is 12.8 Å². The summed E-state index contributed by atoms with van der Waals surface area (Å²) in [6.45, 7) is 0. The van der Waals surface area contributed by atoms with E-state index in [2.05, 4.69) is 42.5 Å². The molecule has 1 N–H and O–H groups in total. The second-order valence-electron chi connectivity index (χ2n) is 8.89. The number of aryl methyl sites for hydroxylation is 2. The van der Waals surface area contributed by atoms with Crippen LogP contribution in [0.25, 0.3) is 11.3 Å². The third kappa shape index (κ3) is 3.99. The smallest absolute Gasteiger partial charge is 0.207 e. The summed E-state index contributed by atoms with van der Waals surface area (Å²) >= 11 is 7.70. The minimum absolute atomic E-state index is 0.0687. The van der Waals surface area contributed by atoms with Gasteiger partial charge in [-0.15, -0.1) is 11.3 Å². The molecule has 3 aromatic carbocycles. The molecular formula is C28H24ClN3OS. The number of hydrogen-bond acceptors (Lipinski definition) is 5. The van der Waals surface area contributed by atoms with E-state index in [9.17, 15) is 5.11 Å². The van der Waals surface area contributed by atoms with Gasteiger partial charge in [0.15, 0.2) is 0 Å². The Morgan fingerprint density at radius 1 is 0.941 bits per heavy atom. The Hall–Kier alpha value is -3.15. The molecule has 4 aromatic rings. The first-order chi connectivity index (χ1) is 16.7. The van der Waals surface area contributed by atoms with Crippen molar-refractivity contribution in [2.75, 3.05) is 5.01 Å². The number of nitrogens with zero attached hydrogens (tertiary/aromatic N) is 3. The van der Waals surface area contributed by atoms with Gasteiger partial charge in [0, 0.05) is 22.4 Å². The minimum Gasteiger partial charge on any atom is -0.507 e. The van der Waals surface area contributed by atoms with Crippen LogP contribution in [0.2, 0.25) is 5.02 Å². The molecule has 2 aliphatic rings. The summed E-state index contributed by atoms with van der Waals surface area (Å²) in [6.07, 6.45) is 5.70. The number of aromatic hydroxyl groups is 1. The Kier molecular flexibility index (Phi) is 5.60. The number of anilines is 1. The molecule has 4 nitrogen and oxygen atoms in total. The highest BCUT2D eigenvalue weighted by molar-refractivity contribution is 7.14. The van der Waals surface area contributed by atoms with Gasteiger partial charge in [-0.1, -0.05) is 54.1 Å². The second-order valence-corrected chi connectivity index (χ2v) is 10.2. The largest absolute Gasteiger partial charge is 0.507 e. The van der Waals surface area contributed by atoms with E-state index in [0.29, 0.717) is 16.3 Å². The summed E-state index contributed by atoms with van der Waals surface area (Å²) in [7, 11) is 0. The van der Waals surface area contributed by atoms with Gasteiger partial charge in [0.1, 0.15) is 5.75 Å². The molecule has 0 bridgehead atoms. The molecular weight excluding hydrogens is 462 g/mol. The van der Waals surface area contributed by atoms with Crippen LogP contribution < -0.4 is 5.01 Å². The van der Waals surface area contributed by atoms with Gasteiger partial charge in [0.25, 0.3) is 0 Å². The Labute approximate surface area is 208 Å². The molecule has 34 heavy (non-hydrogen) atoms. The Morgan fingerprint density at radius 2 is 1.76 bits per heavy atom. The van der Waals surface area contributed by atoms with E-state index in [1.807, 2.05) is 16.5 Å². The van der Waals surface area contributed by atoms with Crippen LogP contribution in [0.15, 0.2) is 77.2 Å². The van der Waals surface area contributed by atoms with Crippen LogP contribution in [0.5, 0.6) is 5.75 Å². The summed E-state index contributed by atoms with van der Waals surface area (Å²) in [4.78, 5) is 4.86. The molecule has 1 aliphatic carbocycles. The van der Waals surface area contributed by atoms with Crippen molar-refractivity contribution in [2.24, 2.45) is 5.10 Å². The summed E-state index contributed by atoms with van der Waals surface area (Å²) in [5, 5.41) is 20.8. The lowest BCUT2D eigenvalue weighted by Crippen LogP contribution is -2.18. The van der Waals surface area contributed by atoms with E-state index < -0.39 is 0 Å². The molecule has 2 heterocycles. The second kappa shape index (κ2) is 8.90. The van der Waals surface area contributed by atoms with Gasteiger partial charge in [0.2, 0.25) is 5.13 Å². The number of phenols is 1. The van der Waals surface area contributed by atoms with Gasteiger partial charge < -0.3 is 5.11 Å². The highest BCUT2D eigenvalue weighted by atomic mass is 35.5. The lowest BCUT2D eigenvalue weighted by molar-refractivity contribution is 0.477. The molecule has 0 saturated heterocycles. The Balaban J connectivity index is 1.39. The lowest BCUT2D eigenvalue weighted by Gasteiger charge is -2.21. The summed E-state index contributed by atoms with van der Waals surface area (Å²) in [6, 6.07) is 22.4. The molecule has 170 valence electrons. The van der Waals surface area contributed by atoms with Crippen LogP contribution >= 0.6 is 22.9 Å². The third-order valence-corrected chi connectivity index (χ3v) is 7.76. The van der Waals surface area contributed by atoms with Gasteiger partial charge in [-0.2, -0.15) is 5.10 Å². The molecule has 1 atom stereocenters. The van der Waals surface area contributed by atoms with Crippen LogP contribution in [0.3, 0.4) is 0 Å². The zero-order valence-electron chi connectivity index (χ0n) is 18.6. The van der Waals surface area contributed by atoms with Crippen molar-refractivity contribution >= 4 is 33.8 Å². The summed E-state index contributed by atoms with van der Waals surface area (Å²) in [5.41, 5.74) is 7.78. The van der Waals surface area contributed by atoms with Gasteiger partial charge in [-0.25, -0.2) is 9.99 Å². The van der Waals surface area contributed by atoms with E-state index in [1.54, 1.807) is 18.2 Å². The van der Waals surface area contributed by atoms with E-state index in [1.165, 1.54) is 52.9 Å². The highest BCUT2D eigenvalue weighted by Crippen LogP contribution is 2.41. The van der Waals surface area contributed by atoms with Crippen LogP contribution in [-0.4, -0.2) is 15.8 Å². The van der Waals surface area contributed by atoms with Crippen molar-refractivity contribution in [1.29, 1.82) is 0 Å². The average Bonchev–Trinajstić information content (AvgIpc) is 3.53. The average molecular weight is 486 g/mol. The number of thiazole rings is 1. The zero-order chi connectivity index (χ0) is 23.1. The van der Waals surface area contributed by atoms with E-state index in [-0.39, 0.29) is 11.8 Å². The van der Waals surface area contributed by atoms with Crippen molar-refractivity contribution in [3.8, 4) is 17.0 Å². The Morgan fingerprint density at radius 3 is 2.62 bits per heavy atom. The summed E-state index contributed by atoms with van der Waals surface area (Å²) < 4.78 is 0. The van der Waals surface area contributed by atoms with Gasteiger partial charge >= 0.3 is 0 Å². The zero-order valence-corrected chi connectivity index (χ0v) is 20.2. The number of fused-ring (bicyclic) bond motifs is 1. The maximum absolute atomic E-state index is 10.3. The van der Waals surface area contributed by atoms with Gasteiger partial charge in [-0.05, 0) is 72.2 Å². The maximum Gasteiger partial charge on any atom is 0.207 e. The molecule has 1 aliphatic heterocycles. The number of rotatable bonds is 4. The number of hydrogen-bond donors (Lipinski definition) is 1. The number of benzene rings is 3. The monoisotopic (exact) mass is 485 g/mol. The fourth-order valence-electron chi connectivity index (χ4n) is 4.92. The fraction of sp³-hybridized carbons (Fsp3) is 0.214. The number of aromatic nitrogens is 1. The number of hydrazone groups is 1.